The van der Waals surface area contributed by atoms with Gasteiger partial charge in [0.25, 0.3) is 0 Å². The van der Waals surface area contributed by atoms with Crippen LogP contribution in [-0.2, 0) is 44.4 Å². The number of carbonyl (C=O) groups is 2. The first kappa shape index (κ1) is 34.1. The number of sulfonamides is 1. The van der Waals surface area contributed by atoms with Crippen LogP contribution in [0.2, 0.25) is 5.15 Å². The Labute approximate surface area is 259 Å². The van der Waals surface area contributed by atoms with Crippen molar-refractivity contribution in [3.05, 3.63) is 76.6 Å². The van der Waals surface area contributed by atoms with Crippen molar-refractivity contribution in [3.8, 4) is 5.75 Å². The van der Waals surface area contributed by atoms with Gasteiger partial charge in [-0.3, -0.25) is 9.48 Å². The molecule has 2 atom stereocenters. The molecule has 12 heteroatoms. The maximum absolute atomic E-state index is 13.6. The molecule has 1 amide bonds. The Kier molecular flexibility index (Phi) is 11.4. The van der Waals surface area contributed by atoms with Gasteiger partial charge in [-0.05, 0) is 63.3 Å². The van der Waals surface area contributed by atoms with Gasteiger partial charge in [0, 0.05) is 13.5 Å². The number of hydrogen-bond acceptors (Lipinski definition) is 7. The quantitative estimate of drug-likeness (QED) is 0.261. The van der Waals surface area contributed by atoms with Gasteiger partial charge in [-0.25, -0.2) is 13.2 Å². The van der Waals surface area contributed by atoms with Crippen molar-refractivity contribution in [2.24, 2.45) is 13.0 Å². The highest BCUT2D eigenvalue weighted by atomic mass is 35.5. The lowest BCUT2D eigenvalue weighted by Gasteiger charge is -2.27. The molecule has 43 heavy (non-hydrogen) atoms. The van der Waals surface area contributed by atoms with E-state index >= 15 is 0 Å². The zero-order chi connectivity index (χ0) is 31.9. The minimum Gasteiger partial charge on any atom is -0.489 e. The molecule has 2 aromatic carbocycles. The van der Waals surface area contributed by atoms with E-state index in [1.807, 2.05) is 56.3 Å². The second kappa shape index (κ2) is 14.4. The Bertz CT molecular complexity index is 1500. The molecule has 0 aliphatic rings. The molecule has 0 aliphatic carbocycles. The van der Waals surface area contributed by atoms with Gasteiger partial charge >= 0.3 is 5.97 Å². The van der Waals surface area contributed by atoms with Crippen LogP contribution in [0, 0.1) is 12.8 Å². The van der Waals surface area contributed by atoms with Crippen LogP contribution in [0.15, 0.2) is 59.5 Å². The lowest BCUT2D eigenvalue weighted by Crippen LogP contribution is -2.53. The first-order valence-electron chi connectivity index (χ1n) is 14.1. The monoisotopic (exact) mass is 632 g/mol. The Morgan fingerprint density at radius 1 is 1.00 bits per heavy atom. The molecule has 1 aromatic heterocycles. The summed E-state index contributed by atoms with van der Waals surface area (Å²) in [6.45, 7) is 10.9. The van der Waals surface area contributed by atoms with Crippen molar-refractivity contribution in [2.45, 2.75) is 83.6 Å². The van der Waals surface area contributed by atoms with E-state index in [-0.39, 0.29) is 34.5 Å². The van der Waals surface area contributed by atoms with Crippen LogP contribution in [-0.4, -0.2) is 47.8 Å². The zero-order valence-electron chi connectivity index (χ0n) is 25.7. The number of amides is 1. The topological polar surface area (TPSA) is 129 Å². The summed E-state index contributed by atoms with van der Waals surface area (Å²) in [5, 5.41) is 6.74. The Morgan fingerprint density at radius 2 is 1.63 bits per heavy atom. The lowest BCUT2D eigenvalue weighted by molar-refractivity contribution is -0.158. The van der Waals surface area contributed by atoms with E-state index in [1.54, 1.807) is 32.9 Å². The minimum atomic E-state index is -4.22. The third-order valence-electron chi connectivity index (χ3n) is 6.31. The van der Waals surface area contributed by atoms with Crippen molar-refractivity contribution in [3.63, 3.8) is 0 Å². The molecule has 0 spiro atoms. The molecule has 3 rings (SSSR count). The Morgan fingerprint density at radius 3 is 2.16 bits per heavy atom. The number of benzene rings is 2. The van der Waals surface area contributed by atoms with E-state index in [4.69, 9.17) is 21.1 Å². The normalized spacial score (nSPS) is 13.4. The van der Waals surface area contributed by atoms with Gasteiger partial charge in [-0.15, -0.1) is 0 Å². The number of aromatic nitrogens is 2. The number of nitrogens with one attached hydrogen (secondary N) is 2. The van der Waals surface area contributed by atoms with Gasteiger partial charge in [-0.1, -0.05) is 67.9 Å². The molecule has 10 nitrogen and oxygen atoms in total. The van der Waals surface area contributed by atoms with Crippen LogP contribution in [0.3, 0.4) is 0 Å². The summed E-state index contributed by atoms with van der Waals surface area (Å²) in [5.41, 5.74) is 1.18. The molecule has 2 N–H and O–H groups in total. The maximum Gasteiger partial charge on any atom is 0.329 e. The fourth-order valence-corrected chi connectivity index (χ4v) is 6.34. The average Bonchev–Trinajstić information content (AvgIpc) is 3.17. The second-order valence-electron chi connectivity index (χ2n) is 11.8. The van der Waals surface area contributed by atoms with Crippen molar-refractivity contribution in [2.75, 3.05) is 0 Å². The first-order chi connectivity index (χ1) is 20.1. The molecular weight excluding hydrogens is 592 g/mol. The number of aryl methyl sites for hydroxylation is 2. The number of nitrogens with zero attached hydrogens (tertiary/aromatic N) is 2. The average molecular weight is 633 g/mol. The van der Waals surface area contributed by atoms with Crippen LogP contribution in [0.25, 0.3) is 0 Å². The number of carbonyl (C=O) groups excluding carboxylic acids is 2. The van der Waals surface area contributed by atoms with Crippen LogP contribution >= 0.6 is 11.6 Å². The van der Waals surface area contributed by atoms with Crippen molar-refractivity contribution in [1.29, 1.82) is 0 Å². The third kappa shape index (κ3) is 10.1. The first-order valence-corrected chi connectivity index (χ1v) is 15.9. The van der Waals surface area contributed by atoms with Gasteiger partial charge < -0.3 is 14.8 Å². The standard InChI is InChI=1S/C31H41ClN4O6S/c1-20(2)17-25(35-43(39,40)27-21(3)34-36(7)28(27)32)29(37)33-26(30(38)42-31(4,5)6)18-22-13-15-24(16-14-22)41-19-23-11-9-8-10-12-23/h8-16,20,25-26,35H,17-19H2,1-7H3,(H,33,37). The summed E-state index contributed by atoms with van der Waals surface area (Å²) >= 11 is 6.22. The zero-order valence-corrected chi connectivity index (χ0v) is 27.3. The number of rotatable bonds is 13. The van der Waals surface area contributed by atoms with Crippen LogP contribution < -0.4 is 14.8 Å². The molecule has 234 valence electrons. The van der Waals surface area contributed by atoms with Gasteiger partial charge in [0.2, 0.25) is 15.9 Å². The fourth-order valence-electron chi connectivity index (χ4n) is 4.38. The number of ether oxygens (including phenoxy) is 2. The predicted octanol–water partition coefficient (Wildman–Crippen LogP) is 4.72. The van der Waals surface area contributed by atoms with Crippen molar-refractivity contribution < 1.29 is 27.5 Å². The Balaban J connectivity index is 1.80. The third-order valence-corrected chi connectivity index (χ3v) is 8.48. The van der Waals surface area contributed by atoms with Crippen LogP contribution in [0.1, 0.15) is 57.9 Å². The van der Waals surface area contributed by atoms with E-state index in [9.17, 15) is 18.0 Å². The Hall–Kier alpha value is -3.41. The second-order valence-corrected chi connectivity index (χ2v) is 13.9. The van der Waals surface area contributed by atoms with Crippen molar-refractivity contribution in [1.82, 2.24) is 19.8 Å². The molecule has 0 fully saturated rings. The smallest absolute Gasteiger partial charge is 0.329 e. The summed E-state index contributed by atoms with van der Waals surface area (Å²) < 4.78 is 41.8. The van der Waals surface area contributed by atoms with Crippen molar-refractivity contribution >= 4 is 33.5 Å². The molecule has 3 aromatic rings. The molecule has 0 saturated carbocycles. The molecule has 0 saturated heterocycles. The molecule has 0 bridgehead atoms. The highest BCUT2D eigenvalue weighted by Crippen LogP contribution is 2.25. The van der Waals surface area contributed by atoms with E-state index in [1.165, 1.54) is 18.7 Å². The minimum absolute atomic E-state index is 0.0488. The number of halogens is 1. The van der Waals surface area contributed by atoms with E-state index in [0.29, 0.717) is 12.4 Å². The molecule has 0 aliphatic heterocycles. The lowest BCUT2D eigenvalue weighted by atomic mass is 10.0. The summed E-state index contributed by atoms with van der Waals surface area (Å²) in [6, 6.07) is 14.7. The van der Waals surface area contributed by atoms with Gasteiger partial charge in [0.15, 0.2) is 0 Å². The number of esters is 1. The largest absolute Gasteiger partial charge is 0.489 e. The highest BCUT2D eigenvalue weighted by Gasteiger charge is 2.34. The fraction of sp³-hybridized carbons (Fsp3) is 0.452. The van der Waals surface area contributed by atoms with Gasteiger partial charge in [-0.2, -0.15) is 9.82 Å². The molecule has 0 radical (unpaired) electrons. The van der Waals surface area contributed by atoms with Gasteiger partial charge in [0.1, 0.15) is 40.1 Å². The van der Waals surface area contributed by atoms with Crippen LogP contribution in [0.5, 0.6) is 5.75 Å². The van der Waals surface area contributed by atoms with Gasteiger partial charge in [0.05, 0.1) is 5.69 Å². The highest BCUT2D eigenvalue weighted by molar-refractivity contribution is 7.89. The summed E-state index contributed by atoms with van der Waals surface area (Å²) in [6.07, 6.45) is 0.296. The summed E-state index contributed by atoms with van der Waals surface area (Å²) in [4.78, 5) is 26.6. The molecule has 2 unspecified atom stereocenters. The SMILES string of the molecule is Cc1nn(C)c(Cl)c1S(=O)(=O)NC(CC(C)C)C(=O)NC(Cc1ccc(OCc2ccccc2)cc1)C(=O)OC(C)(C)C. The predicted molar refractivity (Wildman–Crippen MR) is 165 cm³/mol. The van der Waals surface area contributed by atoms with E-state index in [0.717, 1.165) is 11.1 Å². The maximum atomic E-state index is 13.6. The summed E-state index contributed by atoms with van der Waals surface area (Å²) in [7, 11) is -2.69. The van der Waals surface area contributed by atoms with Crippen LogP contribution in [0.4, 0.5) is 0 Å². The van der Waals surface area contributed by atoms with E-state index < -0.39 is 39.6 Å². The molecular formula is C31H41ClN4O6S. The molecule has 1 heterocycles. The van der Waals surface area contributed by atoms with E-state index in [2.05, 4.69) is 15.1 Å². The summed E-state index contributed by atoms with van der Waals surface area (Å²) in [5.74, 6) is -0.690. The number of hydrogen-bond donors (Lipinski definition) is 2.